The molecule has 2 heterocycles. The molecule has 0 aliphatic carbocycles. The van der Waals surface area contributed by atoms with Crippen LogP contribution >= 0.6 is 23.1 Å². The number of hydrazine groups is 1. The van der Waals surface area contributed by atoms with Crippen LogP contribution < -0.4 is 16.6 Å². The Bertz CT molecular complexity index is 513. The molecule has 18 heavy (non-hydrogen) atoms. The highest BCUT2D eigenvalue weighted by Crippen LogP contribution is 2.27. The molecule has 4 N–H and O–H groups in total. The van der Waals surface area contributed by atoms with Crippen LogP contribution in [0.25, 0.3) is 10.2 Å². The first kappa shape index (κ1) is 13.4. The number of nitrogens with one attached hydrogen (secondary N) is 2. The SMILES string of the molecule is CCC(CSC)Nc1nc(NN)nc2sccc12. The molecule has 1 atom stereocenters. The van der Waals surface area contributed by atoms with Gasteiger partial charge in [0.2, 0.25) is 5.95 Å². The van der Waals surface area contributed by atoms with Crippen LogP contribution in [0.15, 0.2) is 11.4 Å². The van der Waals surface area contributed by atoms with E-state index in [9.17, 15) is 0 Å². The van der Waals surface area contributed by atoms with Crippen LogP contribution in [0.1, 0.15) is 13.3 Å². The first-order valence-electron chi connectivity index (χ1n) is 5.75. The highest BCUT2D eigenvalue weighted by molar-refractivity contribution is 7.98. The molecule has 0 saturated heterocycles. The van der Waals surface area contributed by atoms with Crippen molar-refractivity contribution in [3.63, 3.8) is 0 Å². The Morgan fingerprint density at radius 2 is 2.33 bits per heavy atom. The number of anilines is 2. The van der Waals surface area contributed by atoms with Crippen molar-refractivity contribution >= 4 is 45.1 Å². The van der Waals surface area contributed by atoms with E-state index >= 15 is 0 Å². The van der Waals surface area contributed by atoms with Gasteiger partial charge in [-0.3, -0.25) is 5.43 Å². The summed E-state index contributed by atoms with van der Waals surface area (Å²) in [5, 5.41) is 6.54. The monoisotopic (exact) mass is 283 g/mol. The van der Waals surface area contributed by atoms with Crippen molar-refractivity contribution in [3.8, 4) is 0 Å². The number of thioether (sulfide) groups is 1. The molecule has 0 fully saturated rings. The fourth-order valence-electron chi connectivity index (χ4n) is 1.69. The zero-order valence-electron chi connectivity index (χ0n) is 10.4. The summed E-state index contributed by atoms with van der Waals surface area (Å²) in [6, 6.07) is 2.44. The van der Waals surface area contributed by atoms with E-state index in [1.165, 1.54) is 0 Å². The number of fused-ring (bicyclic) bond motifs is 1. The Morgan fingerprint density at radius 1 is 1.50 bits per heavy atom. The van der Waals surface area contributed by atoms with E-state index < -0.39 is 0 Å². The van der Waals surface area contributed by atoms with Gasteiger partial charge in [0.15, 0.2) is 0 Å². The molecule has 5 nitrogen and oxygen atoms in total. The number of nitrogen functional groups attached to an aromatic ring is 1. The van der Waals surface area contributed by atoms with Crippen molar-refractivity contribution in [2.75, 3.05) is 22.8 Å². The average Bonchev–Trinajstić information content (AvgIpc) is 2.86. The first-order chi connectivity index (χ1) is 8.78. The zero-order valence-corrected chi connectivity index (χ0v) is 12.1. The van der Waals surface area contributed by atoms with Crippen molar-refractivity contribution in [1.82, 2.24) is 9.97 Å². The number of thiophene rings is 1. The average molecular weight is 283 g/mol. The van der Waals surface area contributed by atoms with Gasteiger partial charge < -0.3 is 5.32 Å². The van der Waals surface area contributed by atoms with E-state index in [0.717, 1.165) is 28.2 Å². The van der Waals surface area contributed by atoms with E-state index in [-0.39, 0.29) is 0 Å². The molecule has 0 bridgehead atoms. The lowest BCUT2D eigenvalue weighted by Crippen LogP contribution is -2.22. The third-order valence-corrected chi connectivity index (χ3v) is 4.20. The van der Waals surface area contributed by atoms with Gasteiger partial charge in [0.1, 0.15) is 10.6 Å². The van der Waals surface area contributed by atoms with E-state index in [1.54, 1.807) is 11.3 Å². The minimum absolute atomic E-state index is 0.406. The number of rotatable bonds is 6. The zero-order chi connectivity index (χ0) is 13.0. The largest absolute Gasteiger partial charge is 0.366 e. The fraction of sp³-hybridized carbons (Fsp3) is 0.455. The Labute approximate surface area is 115 Å². The van der Waals surface area contributed by atoms with Crippen molar-refractivity contribution in [1.29, 1.82) is 0 Å². The van der Waals surface area contributed by atoms with Gasteiger partial charge in [-0.05, 0) is 24.1 Å². The van der Waals surface area contributed by atoms with Gasteiger partial charge in [0.25, 0.3) is 0 Å². The maximum atomic E-state index is 5.40. The Kier molecular flexibility index (Phi) is 4.62. The highest BCUT2D eigenvalue weighted by atomic mass is 32.2. The van der Waals surface area contributed by atoms with Crippen LogP contribution in [0.5, 0.6) is 0 Å². The topological polar surface area (TPSA) is 75.9 Å². The molecule has 0 aliphatic heterocycles. The first-order valence-corrected chi connectivity index (χ1v) is 8.03. The smallest absolute Gasteiger partial charge is 0.240 e. The number of hydrogen-bond donors (Lipinski definition) is 3. The third-order valence-electron chi connectivity index (χ3n) is 2.66. The summed E-state index contributed by atoms with van der Waals surface area (Å²) in [5.74, 6) is 7.76. The summed E-state index contributed by atoms with van der Waals surface area (Å²) in [4.78, 5) is 9.66. The summed E-state index contributed by atoms with van der Waals surface area (Å²) in [6.45, 7) is 2.17. The second-order valence-electron chi connectivity index (χ2n) is 3.88. The lowest BCUT2D eigenvalue weighted by atomic mass is 10.2. The molecule has 0 spiro atoms. The number of nitrogens with zero attached hydrogens (tertiary/aromatic N) is 2. The molecular weight excluding hydrogens is 266 g/mol. The normalized spacial score (nSPS) is 12.6. The van der Waals surface area contributed by atoms with Crippen LogP contribution in [-0.4, -0.2) is 28.0 Å². The molecule has 0 saturated carbocycles. The highest BCUT2D eigenvalue weighted by Gasteiger charge is 2.12. The van der Waals surface area contributed by atoms with Crippen LogP contribution in [0, 0.1) is 0 Å². The molecule has 0 aliphatic rings. The summed E-state index contributed by atoms with van der Waals surface area (Å²) in [7, 11) is 0. The van der Waals surface area contributed by atoms with Crippen molar-refractivity contribution in [2.24, 2.45) is 5.84 Å². The number of hydrogen-bond acceptors (Lipinski definition) is 7. The van der Waals surface area contributed by atoms with Gasteiger partial charge in [0.05, 0.1) is 5.39 Å². The lowest BCUT2D eigenvalue weighted by Gasteiger charge is -2.17. The molecule has 0 amide bonds. The second kappa shape index (κ2) is 6.21. The van der Waals surface area contributed by atoms with Crippen LogP contribution in [0.4, 0.5) is 11.8 Å². The molecule has 2 aromatic rings. The molecular formula is C11H17N5S2. The minimum atomic E-state index is 0.406. The van der Waals surface area contributed by atoms with E-state index in [1.807, 2.05) is 23.2 Å². The molecule has 0 radical (unpaired) electrons. The van der Waals surface area contributed by atoms with Crippen molar-refractivity contribution < 1.29 is 0 Å². The molecule has 2 rings (SSSR count). The van der Waals surface area contributed by atoms with Gasteiger partial charge in [0, 0.05) is 11.8 Å². The molecule has 7 heteroatoms. The molecule has 2 aromatic heterocycles. The van der Waals surface area contributed by atoms with E-state index in [2.05, 4.69) is 33.9 Å². The molecule has 1 unspecified atom stereocenters. The lowest BCUT2D eigenvalue weighted by molar-refractivity contribution is 0.771. The predicted molar refractivity (Wildman–Crippen MR) is 81.3 cm³/mol. The Hall–Kier alpha value is -1.05. The standard InChI is InChI=1S/C11H17N5S2/c1-3-7(6-17-2)13-9-8-4-5-18-10(8)15-11(14-9)16-12/h4-5,7H,3,6,12H2,1-2H3,(H2,13,14,15,16). The van der Waals surface area contributed by atoms with Gasteiger partial charge in [-0.15, -0.1) is 11.3 Å². The maximum Gasteiger partial charge on any atom is 0.240 e. The second-order valence-corrected chi connectivity index (χ2v) is 5.69. The Morgan fingerprint density at radius 3 is 3.00 bits per heavy atom. The van der Waals surface area contributed by atoms with E-state index in [4.69, 9.17) is 5.84 Å². The third kappa shape index (κ3) is 2.85. The van der Waals surface area contributed by atoms with Gasteiger partial charge >= 0.3 is 0 Å². The quantitative estimate of drug-likeness (QED) is 0.559. The fourth-order valence-corrected chi connectivity index (χ4v) is 3.17. The maximum absolute atomic E-state index is 5.40. The van der Waals surface area contributed by atoms with Gasteiger partial charge in [-0.2, -0.15) is 16.7 Å². The van der Waals surface area contributed by atoms with Gasteiger partial charge in [-0.1, -0.05) is 6.92 Å². The number of aromatic nitrogens is 2. The predicted octanol–water partition coefficient (Wildman–Crippen LogP) is 2.53. The summed E-state index contributed by atoms with van der Waals surface area (Å²) in [6.07, 6.45) is 3.17. The van der Waals surface area contributed by atoms with Crippen molar-refractivity contribution in [3.05, 3.63) is 11.4 Å². The summed E-state index contributed by atoms with van der Waals surface area (Å²) in [5.41, 5.74) is 2.51. The molecule has 98 valence electrons. The summed E-state index contributed by atoms with van der Waals surface area (Å²) < 4.78 is 0. The van der Waals surface area contributed by atoms with Gasteiger partial charge in [-0.25, -0.2) is 10.8 Å². The van der Waals surface area contributed by atoms with Crippen LogP contribution in [-0.2, 0) is 0 Å². The van der Waals surface area contributed by atoms with Crippen LogP contribution in [0.2, 0.25) is 0 Å². The molecule has 0 aromatic carbocycles. The minimum Gasteiger partial charge on any atom is -0.366 e. The van der Waals surface area contributed by atoms with E-state index in [0.29, 0.717) is 12.0 Å². The van der Waals surface area contributed by atoms with Crippen LogP contribution in [0.3, 0.4) is 0 Å². The number of nitrogens with two attached hydrogens (primary N) is 1. The Balaban J connectivity index is 2.32. The summed E-state index contributed by atoms with van der Waals surface area (Å²) >= 11 is 3.41. The van der Waals surface area contributed by atoms with Crippen molar-refractivity contribution in [2.45, 2.75) is 19.4 Å².